The number of nitrogens with one attached hydrogen (secondary N) is 1. The van der Waals surface area contributed by atoms with E-state index in [1.165, 1.54) is 36.4 Å². The van der Waals surface area contributed by atoms with Gasteiger partial charge < -0.3 is 15.5 Å². The zero-order valence-corrected chi connectivity index (χ0v) is 21.9. The van der Waals surface area contributed by atoms with Crippen LogP contribution in [0.2, 0.25) is 0 Å². The standard InChI is InChI=1S/C24H21N5O9S2/c30-18-7-1-15(2-8-18)13-14-25-23(31)21-22(27-26-16-3-9-19(10-4-16)39(33,34)35)24(32)29(28-21)17-5-11-20(12-6-17)40(36,37)38/h1-12,30,32H,13-14H2,(H,25,31)(H,33,34,35)(H,36,37,38)/b27-26+. The molecule has 14 nitrogen and oxygen atoms in total. The van der Waals surface area contributed by atoms with E-state index in [0.717, 1.165) is 34.5 Å². The smallest absolute Gasteiger partial charge is 0.294 e. The minimum absolute atomic E-state index is 0.0982. The van der Waals surface area contributed by atoms with E-state index >= 15 is 0 Å². The number of azo groups is 1. The molecule has 0 aliphatic heterocycles. The first-order chi connectivity index (χ1) is 18.8. The van der Waals surface area contributed by atoms with Crippen LogP contribution in [0.3, 0.4) is 0 Å². The Balaban J connectivity index is 1.65. The molecule has 1 aromatic heterocycles. The second kappa shape index (κ2) is 11.2. The second-order valence-corrected chi connectivity index (χ2v) is 11.1. The lowest BCUT2D eigenvalue weighted by molar-refractivity contribution is 0.0949. The van der Waals surface area contributed by atoms with Gasteiger partial charge in [0.1, 0.15) is 5.75 Å². The van der Waals surface area contributed by atoms with Gasteiger partial charge in [0.25, 0.3) is 26.1 Å². The van der Waals surface area contributed by atoms with Crippen LogP contribution in [0.15, 0.2) is 92.8 Å². The van der Waals surface area contributed by atoms with E-state index in [4.69, 9.17) is 4.55 Å². The molecule has 0 saturated heterocycles. The molecular formula is C24H21N5O9S2. The Morgan fingerprint density at radius 3 is 1.90 bits per heavy atom. The van der Waals surface area contributed by atoms with Crippen LogP contribution in [0.1, 0.15) is 16.1 Å². The summed E-state index contributed by atoms with van der Waals surface area (Å²) in [6, 6.07) is 15.6. The summed E-state index contributed by atoms with van der Waals surface area (Å²) in [7, 11) is -8.90. The number of benzene rings is 3. The van der Waals surface area contributed by atoms with Gasteiger partial charge in [0.05, 0.1) is 21.2 Å². The Morgan fingerprint density at radius 1 is 0.800 bits per heavy atom. The first-order valence-electron chi connectivity index (χ1n) is 11.3. The Morgan fingerprint density at radius 2 is 1.35 bits per heavy atom. The van der Waals surface area contributed by atoms with Crippen molar-refractivity contribution in [2.24, 2.45) is 10.2 Å². The molecule has 0 aliphatic carbocycles. The lowest BCUT2D eigenvalue weighted by Gasteiger charge is -2.04. The van der Waals surface area contributed by atoms with Gasteiger partial charge in [-0.3, -0.25) is 13.9 Å². The van der Waals surface area contributed by atoms with Crippen LogP contribution in [0.4, 0.5) is 11.4 Å². The normalized spacial score (nSPS) is 12.1. The van der Waals surface area contributed by atoms with E-state index in [0.29, 0.717) is 6.42 Å². The quantitative estimate of drug-likeness (QED) is 0.142. The fraction of sp³-hybridized carbons (Fsp3) is 0.0833. The summed E-state index contributed by atoms with van der Waals surface area (Å²) < 4.78 is 64.4. The zero-order valence-electron chi connectivity index (χ0n) is 20.3. The number of nitrogens with zero attached hydrogens (tertiary/aromatic N) is 4. The lowest BCUT2D eigenvalue weighted by Crippen LogP contribution is -2.26. The number of aromatic hydroxyl groups is 2. The van der Waals surface area contributed by atoms with E-state index in [-0.39, 0.29) is 39.9 Å². The predicted molar refractivity (Wildman–Crippen MR) is 140 cm³/mol. The maximum absolute atomic E-state index is 13.0. The number of hydrogen-bond acceptors (Lipinski definition) is 10. The van der Waals surface area contributed by atoms with Crippen LogP contribution in [-0.4, -0.2) is 58.4 Å². The molecule has 16 heteroatoms. The Hall–Kier alpha value is -4.64. The molecule has 0 unspecified atom stereocenters. The minimum Gasteiger partial charge on any atom is -0.508 e. The zero-order chi connectivity index (χ0) is 29.1. The summed E-state index contributed by atoms with van der Waals surface area (Å²) in [5.74, 6) is -1.25. The van der Waals surface area contributed by atoms with Gasteiger partial charge in [0, 0.05) is 6.54 Å². The molecule has 208 valence electrons. The topological polar surface area (TPSA) is 221 Å². The van der Waals surface area contributed by atoms with E-state index in [1.54, 1.807) is 12.1 Å². The SMILES string of the molecule is O=C(NCCc1ccc(O)cc1)c1nn(-c2ccc(S(=O)(=O)O)cc2)c(O)c1/N=N/c1ccc(S(=O)(=O)O)cc1. The summed E-state index contributed by atoms with van der Waals surface area (Å²) in [5, 5.41) is 34.9. The average molecular weight is 588 g/mol. The van der Waals surface area contributed by atoms with Gasteiger partial charge in [-0.2, -0.15) is 31.7 Å². The third-order valence-electron chi connectivity index (χ3n) is 5.47. The Kier molecular flexibility index (Phi) is 7.96. The number of carbonyl (C=O) groups is 1. The molecule has 1 heterocycles. The largest absolute Gasteiger partial charge is 0.508 e. The van der Waals surface area contributed by atoms with E-state index < -0.39 is 36.9 Å². The lowest BCUT2D eigenvalue weighted by atomic mass is 10.1. The number of aromatic nitrogens is 2. The highest BCUT2D eigenvalue weighted by Crippen LogP contribution is 2.34. The number of rotatable bonds is 9. The average Bonchev–Trinajstić information content (AvgIpc) is 3.24. The number of hydrogen-bond donors (Lipinski definition) is 5. The molecule has 0 atom stereocenters. The molecular weight excluding hydrogens is 566 g/mol. The first-order valence-corrected chi connectivity index (χ1v) is 14.2. The van der Waals surface area contributed by atoms with E-state index in [9.17, 15) is 36.4 Å². The van der Waals surface area contributed by atoms with Gasteiger partial charge in [-0.05, 0) is 72.6 Å². The molecule has 5 N–H and O–H groups in total. The van der Waals surface area contributed by atoms with E-state index in [1.807, 2.05) is 0 Å². The van der Waals surface area contributed by atoms with Crippen LogP contribution >= 0.6 is 0 Å². The van der Waals surface area contributed by atoms with Crippen molar-refractivity contribution in [2.75, 3.05) is 6.54 Å². The third kappa shape index (κ3) is 6.67. The summed E-state index contributed by atoms with van der Waals surface area (Å²) in [5.41, 5.74) is 0.400. The Bertz CT molecular complexity index is 1780. The third-order valence-corrected chi connectivity index (χ3v) is 7.20. The fourth-order valence-corrected chi connectivity index (χ4v) is 4.40. The maximum atomic E-state index is 13.0. The minimum atomic E-state index is -4.47. The summed E-state index contributed by atoms with van der Waals surface area (Å²) >= 11 is 0. The van der Waals surface area contributed by atoms with Crippen molar-refractivity contribution < 1.29 is 40.9 Å². The van der Waals surface area contributed by atoms with Crippen molar-refractivity contribution in [3.05, 3.63) is 84.1 Å². The summed E-state index contributed by atoms with van der Waals surface area (Å²) in [6.07, 6.45) is 0.409. The molecule has 1 amide bonds. The molecule has 4 rings (SSSR count). The van der Waals surface area contributed by atoms with Crippen LogP contribution in [0.5, 0.6) is 11.6 Å². The molecule has 0 aliphatic rings. The number of phenols is 1. The van der Waals surface area contributed by atoms with Crippen LogP contribution in [-0.2, 0) is 26.7 Å². The van der Waals surface area contributed by atoms with Crippen molar-refractivity contribution in [3.63, 3.8) is 0 Å². The van der Waals surface area contributed by atoms with Gasteiger partial charge in [-0.1, -0.05) is 12.1 Å². The molecule has 3 aromatic carbocycles. The molecule has 4 aromatic rings. The Labute approximate surface area is 227 Å². The molecule has 0 bridgehead atoms. The van der Waals surface area contributed by atoms with Crippen molar-refractivity contribution in [3.8, 4) is 17.3 Å². The summed E-state index contributed by atoms with van der Waals surface area (Å²) in [4.78, 5) is 12.2. The van der Waals surface area contributed by atoms with E-state index in [2.05, 4.69) is 20.6 Å². The highest BCUT2D eigenvalue weighted by atomic mass is 32.2. The van der Waals surface area contributed by atoms with Crippen molar-refractivity contribution in [2.45, 2.75) is 16.2 Å². The van der Waals surface area contributed by atoms with Crippen molar-refractivity contribution >= 4 is 37.5 Å². The highest BCUT2D eigenvalue weighted by Gasteiger charge is 2.24. The molecule has 40 heavy (non-hydrogen) atoms. The van der Waals surface area contributed by atoms with Crippen molar-refractivity contribution in [1.82, 2.24) is 15.1 Å². The number of phenolic OH excluding ortho intramolecular Hbond substituents is 1. The molecule has 0 radical (unpaired) electrons. The van der Waals surface area contributed by atoms with Gasteiger partial charge in [-0.25, -0.2) is 0 Å². The molecule has 0 fully saturated rings. The number of carbonyl (C=O) groups excluding carboxylic acids is 1. The first kappa shape index (κ1) is 28.4. The second-order valence-electron chi connectivity index (χ2n) is 8.24. The van der Waals surface area contributed by atoms with Crippen LogP contribution in [0, 0.1) is 0 Å². The van der Waals surface area contributed by atoms with Crippen molar-refractivity contribution in [1.29, 1.82) is 0 Å². The monoisotopic (exact) mass is 587 g/mol. The molecule has 0 spiro atoms. The maximum Gasteiger partial charge on any atom is 0.294 e. The van der Waals surface area contributed by atoms with Gasteiger partial charge in [-0.15, -0.1) is 5.11 Å². The van der Waals surface area contributed by atoms with Gasteiger partial charge >= 0.3 is 0 Å². The van der Waals surface area contributed by atoms with Gasteiger partial charge in [0.2, 0.25) is 5.88 Å². The van der Waals surface area contributed by atoms with Crippen LogP contribution in [0.25, 0.3) is 5.69 Å². The van der Waals surface area contributed by atoms with Gasteiger partial charge in [0.15, 0.2) is 11.4 Å². The summed E-state index contributed by atoms with van der Waals surface area (Å²) in [6.45, 7) is 0.161. The fourth-order valence-electron chi connectivity index (χ4n) is 3.44. The highest BCUT2D eigenvalue weighted by molar-refractivity contribution is 7.86. The predicted octanol–water partition coefficient (Wildman–Crippen LogP) is 3.16. The molecule has 0 saturated carbocycles. The number of amides is 1. The van der Waals surface area contributed by atoms with Crippen LogP contribution < -0.4 is 5.32 Å².